The molecule has 0 unspecified atom stereocenters. The van der Waals surface area contributed by atoms with Gasteiger partial charge >= 0.3 is 0 Å². The summed E-state index contributed by atoms with van der Waals surface area (Å²) in [6, 6.07) is 13.8. The maximum Gasteiger partial charge on any atom is 0.269 e. The molecule has 0 amide bonds. The highest BCUT2D eigenvalue weighted by Gasteiger charge is 2.05. The molecule has 3 rings (SSSR count). The van der Waals surface area contributed by atoms with Crippen LogP contribution in [0.25, 0.3) is 23.5 Å². The second-order valence-corrected chi connectivity index (χ2v) is 5.18. The van der Waals surface area contributed by atoms with Crippen molar-refractivity contribution in [3.05, 3.63) is 69.8 Å². The predicted molar refractivity (Wildman–Crippen MR) is 96.1 cm³/mol. The Kier molecular flexibility index (Phi) is 4.34. The molecule has 0 aliphatic carbocycles. The lowest BCUT2D eigenvalue weighted by Gasteiger charge is -2.02. The molecule has 25 heavy (non-hydrogen) atoms. The average Bonchev–Trinajstić information content (AvgIpc) is 2.60. The predicted octanol–water partition coefficient (Wildman–Crippen LogP) is 2.78. The van der Waals surface area contributed by atoms with E-state index in [4.69, 9.17) is 11.5 Å². The number of anilines is 2. The van der Waals surface area contributed by atoms with Gasteiger partial charge in [-0.1, -0.05) is 36.4 Å². The van der Waals surface area contributed by atoms with Crippen molar-refractivity contribution in [1.82, 2.24) is 15.0 Å². The van der Waals surface area contributed by atoms with Crippen molar-refractivity contribution in [2.45, 2.75) is 0 Å². The van der Waals surface area contributed by atoms with E-state index in [9.17, 15) is 10.1 Å². The number of hydrogen-bond acceptors (Lipinski definition) is 7. The van der Waals surface area contributed by atoms with Gasteiger partial charge in [0.1, 0.15) is 0 Å². The lowest BCUT2D eigenvalue weighted by atomic mass is 10.1. The summed E-state index contributed by atoms with van der Waals surface area (Å²) in [5.74, 6) is 0.560. The number of benzene rings is 2. The Morgan fingerprint density at radius 1 is 0.800 bits per heavy atom. The fourth-order valence-corrected chi connectivity index (χ4v) is 2.18. The van der Waals surface area contributed by atoms with E-state index in [0.717, 1.165) is 16.7 Å². The van der Waals surface area contributed by atoms with Gasteiger partial charge in [0.2, 0.25) is 11.9 Å². The van der Waals surface area contributed by atoms with Crippen LogP contribution in [0.2, 0.25) is 0 Å². The van der Waals surface area contributed by atoms with Gasteiger partial charge in [0.15, 0.2) is 5.82 Å². The summed E-state index contributed by atoms with van der Waals surface area (Å²) >= 11 is 0. The van der Waals surface area contributed by atoms with E-state index in [1.165, 1.54) is 12.1 Å². The molecule has 1 heterocycles. The summed E-state index contributed by atoms with van der Waals surface area (Å²) < 4.78 is 0. The molecule has 8 heteroatoms. The molecule has 4 N–H and O–H groups in total. The lowest BCUT2D eigenvalue weighted by Crippen LogP contribution is -2.04. The van der Waals surface area contributed by atoms with Gasteiger partial charge in [-0.2, -0.15) is 15.0 Å². The molecule has 1 aromatic heterocycles. The number of nitro benzene ring substituents is 1. The number of nitrogens with zero attached hydrogens (tertiary/aromatic N) is 4. The standard InChI is InChI=1S/C17H14N6O2/c18-16-20-15(21-17(19)22-16)13-7-3-11(4-8-13)1-2-12-5-9-14(10-6-12)23(24)25/h1-10H,(H4,18,19,20,21,22)/b2-1+. The van der Waals surface area contributed by atoms with Crippen molar-refractivity contribution < 1.29 is 4.92 Å². The molecule has 0 aliphatic heterocycles. The Morgan fingerprint density at radius 3 is 1.76 bits per heavy atom. The maximum absolute atomic E-state index is 10.6. The molecule has 0 saturated heterocycles. The van der Waals surface area contributed by atoms with E-state index in [1.807, 2.05) is 36.4 Å². The second kappa shape index (κ2) is 6.75. The zero-order valence-electron chi connectivity index (χ0n) is 13.0. The highest BCUT2D eigenvalue weighted by Crippen LogP contribution is 2.19. The Labute approximate surface area is 143 Å². The summed E-state index contributed by atoms with van der Waals surface area (Å²) in [5, 5.41) is 10.6. The van der Waals surface area contributed by atoms with E-state index in [2.05, 4.69) is 15.0 Å². The van der Waals surface area contributed by atoms with Crippen molar-refractivity contribution in [1.29, 1.82) is 0 Å². The average molecular weight is 334 g/mol. The molecule has 0 spiro atoms. The number of rotatable bonds is 4. The minimum absolute atomic E-state index is 0.0670. The monoisotopic (exact) mass is 334 g/mol. The molecule has 0 radical (unpaired) electrons. The van der Waals surface area contributed by atoms with E-state index in [-0.39, 0.29) is 17.6 Å². The molecule has 0 bridgehead atoms. The van der Waals surface area contributed by atoms with Gasteiger partial charge in [0.05, 0.1) is 4.92 Å². The molecule has 0 fully saturated rings. The van der Waals surface area contributed by atoms with Crippen LogP contribution in [-0.4, -0.2) is 19.9 Å². The number of hydrogen-bond donors (Lipinski definition) is 2. The van der Waals surface area contributed by atoms with Crippen molar-refractivity contribution >= 4 is 29.7 Å². The summed E-state index contributed by atoms with van der Waals surface area (Å²) in [6.07, 6.45) is 3.78. The third-order valence-corrected chi connectivity index (χ3v) is 3.41. The quantitative estimate of drug-likeness (QED) is 0.425. The third kappa shape index (κ3) is 3.94. The van der Waals surface area contributed by atoms with Crippen LogP contribution in [0.1, 0.15) is 11.1 Å². The van der Waals surface area contributed by atoms with Crippen LogP contribution in [0.5, 0.6) is 0 Å². The topological polar surface area (TPSA) is 134 Å². The number of non-ortho nitro benzene ring substituents is 1. The van der Waals surface area contributed by atoms with Crippen molar-refractivity contribution in [3.8, 4) is 11.4 Å². The Balaban J connectivity index is 1.77. The zero-order valence-corrected chi connectivity index (χ0v) is 13.0. The summed E-state index contributed by atoms with van der Waals surface area (Å²) in [6.45, 7) is 0. The normalized spacial score (nSPS) is 10.9. The highest BCUT2D eigenvalue weighted by molar-refractivity contribution is 5.71. The summed E-state index contributed by atoms with van der Waals surface area (Å²) in [4.78, 5) is 22.1. The molecular formula is C17H14N6O2. The molecule has 3 aromatic rings. The molecule has 0 atom stereocenters. The maximum atomic E-state index is 10.6. The highest BCUT2D eigenvalue weighted by atomic mass is 16.6. The van der Waals surface area contributed by atoms with E-state index >= 15 is 0 Å². The first-order chi connectivity index (χ1) is 12.0. The summed E-state index contributed by atoms with van der Waals surface area (Å²) in [5.41, 5.74) is 13.8. The van der Waals surface area contributed by atoms with Crippen LogP contribution in [0.4, 0.5) is 17.6 Å². The van der Waals surface area contributed by atoms with Crippen LogP contribution in [0.3, 0.4) is 0 Å². The molecule has 2 aromatic carbocycles. The zero-order chi connectivity index (χ0) is 17.8. The first-order valence-corrected chi connectivity index (χ1v) is 7.31. The largest absolute Gasteiger partial charge is 0.368 e. The van der Waals surface area contributed by atoms with Crippen LogP contribution >= 0.6 is 0 Å². The van der Waals surface area contributed by atoms with Gasteiger partial charge in [0.25, 0.3) is 5.69 Å². The van der Waals surface area contributed by atoms with Crippen LogP contribution in [0, 0.1) is 10.1 Å². The van der Waals surface area contributed by atoms with Crippen molar-refractivity contribution in [2.24, 2.45) is 0 Å². The lowest BCUT2D eigenvalue weighted by molar-refractivity contribution is -0.384. The SMILES string of the molecule is Nc1nc(N)nc(-c2ccc(/C=C/c3ccc([N+](=O)[O-])cc3)cc2)n1. The first-order valence-electron chi connectivity index (χ1n) is 7.31. The minimum Gasteiger partial charge on any atom is -0.368 e. The fraction of sp³-hybridized carbons (Fsp3) is 0. The van der Waals surface area contributed by atoms with Gasteiger partial charge in [-0.25, -0.2) is 0 Å². The molecule has 0 aliphatic rings. The summed E-state index contributed by atoms with van der Waals surface area (Å²) in [7, 11) is 0. The van der Waals surface area contributed by atoms with E-state index in [0.29, 0.717) is 5.82 Å². The first kappa shape index (κ1) is 16.1. The molecular weight excluding hydrogens is 320 g/mol. The van der Waals surface area contributed by atoms with Gasteiger partial charge in [-0.3, -0.25) is 10.1 Å². The van der Waals surface area contributed by atoms with Crippen molar-refractivity contribution in [2.75, 3.05) is 11.5 Å². The number of nitrogen functional groups attached to an aromatic ring is 2. The number of nitro groups is 1. The van der Waals surface area contributed by atoms with Crippen LogP contribution < -0.4 is 11.5 Å². The van der Waals surface area contributed by atoms with Crippen LogP contribution in [-0.2, 0) is 0 Å². The second-order valence-electron chi connectivity index (χ2n) is 5.18. The number of aromatic nitrogens is 3. The van der Waals surface area contributed by atoms with Crippen LogP contribution in [0.15, 0.2) is 48.5 Å². The minimum atomic E-state index is -0.424. The van der Waals surface area contributed by atoms with Gasteiger partial charge < -0.3 is 11.5 Å². The van der Waals surface area contributed by atoms with E-state index in [1.54, 1.807) is 12.1 Å². The fourth-order valence-electron chi connectivity index (χ4n) is 2.18. The van der Waals surface area contributed by atoms with Gasteiger partial charge in [-0.15, -0.1) is 0 Å². The molecule has 8 nitrogen and oxygen atoms in total. The Morgan fingerprint density at radius 2 is 1.28 bits per heavy atom. The van der Waals surface area contributed by atoms with Gasteiger partial charge in [0, 0.05) is 17.7 Å². The van der Waals surface area contributed by atoms with E-state index < -0.39 is 4.92 Å². The Bertz CT molecular complexity index is 916. The number of nitrogens with two attached hydrogens (primary N) is 2. The van der Waals surface area contributed by atoms with Gasteiger partial charge in [-0.05, 0) is 23.3 Å². The third-order valence-electron chi connectivity index (χ3n) is 3.41. The smallest absolute Gasteiger partial charge is 0.269 e. The molecule has 0 saturated carbocycles. The molecule has 124 valence electrons. The Hall–Kier alpha value is -3.81. The van der Waals surface area contributed by atoms with Crippen molar-refractivity contribution in [3.63, 3.8) is 0 Å².